The van der Waals surface area contributed by atoms with Crippen molar-refractivity contribution in [3.63, 3.8) is 0 Å². The van der Waals surface area contributed by atoms with Gasteiger partial charge < -0.3 is 4.57 Å². The molecular weight excluding hydrogens is 162 g/mol. The van der Waals surface area contributed by atoms with Crippen LogP contribution in [0.4, 0.5) is 0 Å². The van der Waals surface area contributed by atoms with Crippen molar-refractivity contribution >= 4 is 0 Å². The molecule has 0 atom stereocenters. The van der Waals surface area contributed by atoms with Crippen molar-refractivity contribution < 1.29 is 0 Å². The first kappa shape index (κ1) is 8.73. The third-order valence-corrected chi connectivity index (χ3v) is 2.53. The van der Waals surface area contributed by atoms with Crippen LogP contribution in [0.5, 0.6) is 0 Å². The lowest BCUT2D eigenvalue weighted by molar-refractivity contribution is 0.596. The molecule has 1 aliphatic rings. The first-order valence-electron chi connectivity index (χ1n) is 5.06. The Bertz CT molecular complexity index is 297. The number of aromatic nitrogens is 3. The Morgan fingerprint density at radius 1 is 1.38 bits per heavy atom. The van der Waals surface area contributed by atoms with E-state index >= 15 is 0 Å². The molecule has 0 saturated heterocycles. The van der Waals surface area contributed by atoms with Crippen LogP contribution in [-0.2, 0) is 13.5 Å². The molecule has 0 bridgehead atoms. The normalized spacial score (nSPS) is 16.9. The van der Waals surface area contributed by atoms with E-state index in [1.807, 2.05) is 0 Å². The van der Waals surface area contributed by atoms with Gasteiger partial charge in [0.1, 0.15) is 11.6 Å². The maximum atomic E-state index is 4.24. The van der Waals surface area contributed by atoms with E-state index in [-0.39, 0.29) is 0 Å². The van der Waals surface area contributed by atoms with Crippen LogP contribution in [-0.4, -0.2) is 14.8 Å². The van der Waals surface area contributed by atoms with Gasteiger partial charge in [0.15, 0.2) is 0 Å². The molecule has 72 valence electrons. The first-order valence-corrected chi connectivity index (χ1v) is 5.06. The van der Waals surface area contributed by atoms with Crippen LogP contribution in [0.1, 0.15) is 44.3 Å². The second kappa shape index (κ2) is 3.13. The van der Waals surface area contributed by atoms with Gasteiger partial charge in [0.05, 0.1) is 0 Å². The summed E-state index contributed by atoms with van der Waals surface area (Å²) in [6, 6.07) is 0. The zero-order chi connectivity index (χ0) is 9.42. The van der Waals surface area contributed by atoms with E-state index in [2.05, 4.69) is 35.7 Å². The fraction of sp³-hybridized carbons (Fsp3) is 0.800. The van der Waals surface area contributed by atoms with Gasteiger partial charge in [0.25, 0.3) is 0 Å². The minimum absolute atomic E-state index is 0.662. The summed E-state index contributed by atoms with van der Waals surface area (Å²) in [4.78, 5) is 0. The Hall–Kier alpha value is -0.860. The van der Waals surface area contributed by atoms with Gasteiger partial charge in [-0.1, -0.05) is 13.8 Å². The van der Waals surface area contributed by atoms with Crippen molar-refractivity contribution in [2.75, 3.05) is 0 Å². The van der Waals surface area contributed by atoms with Crippen molar-refractivity contribution in [1.29, 1.82) is 0 Å². The third-order valence-electron chi connectivity index (χ3n) is 2.53. The molecule has 0 aromatic carbocycles. The van der Waals surface area contributed by atoms with E-state index in [0.29, 0.717) is 11.8 Å². The molecule has 3 heteroatoms. The Morgan fingerprint density at radius 3 is 2.62 bits per heavy atom. The minimum atomic E-state index is 0.662. The summed E-state index contributed by atoms with van der Waals surface area (Å²) in [6.45, 7) is 4.43. The van der Waals surface area contributed by atoms with Crippen LogP contribution in [0.2, 0.25) is 0 Å². The average molecular weight is 179 g/mol. The van der Waals surface area contributed by atoms with Crippen molar-refractivity contribution in [1.82, 2.24) is 14.8 Å². The maximum absolute atomic E-state index is 4.24. The number of nitrogens with zero attached hydrogens (tertiary/aromatic N) is 3. The highest BCUT2D eigenvalue weighted by molar-refractivity contribution is 5.07. The summed E-state index contributed by atoms with van der Waals surface area (Å²) >= 11 is 0. The Kier molecular flexibility index (Phi) is 2.10. The van der Waals surface area contributed by atoms with Crippen LogP contribution < -0.4 is 0 Å². The Morgan fingerprint density at radius 2 is 2.08 bits per heavy atom. The molecule has 3 nitrogen and oxygen atoms in total. The van der Waals surface area contributed by atoms with E-state index in [9.17, 15) is 0 Å². The molecule has 1 aromatic heterocycles. The predicted molar refractivity (Wildman–Crippen MR) is 51.5 cm³/mol. The zero-order valence-electron chi connectivity index (χ0n) is 8.62. The highest BCUT2D eigenvalue weighted by atomic mass is 15.3. The topological polar surface area (TPSA) is 30.7 Å². The van der Waals surface area contributed by atoms with Crippen LogP contribution in [0.3, 0.4) is 0 Å². The molecule has 0 N–H and O–H groups in total. The van der Waals surface area contributed by atoms with Crippen LogP contribution in [0.25, 0.3) is 0 Å². The number of hydrogen-bond acceptors (Lipinski definition) is 2. The van der Waals surface area contributed by atoms with Crippen LogP contribution in [0, 0.1) is 5.92 Å². The molecule has 0 spiro atoms. The van der Waals surface area contributed by atoms with E-state index in [1.54, 1.807) is 0 Å². The summed E-state index contributed by atoms with van der Waals surface area (Å²) in [7, 11) is 2.09. The van der Waals surface area contributed by atoms with E-state index in [0.717, 1.165) is 12.2 Å². The van der Waals surface area contributed by atoms with Crippen LogP contribution in [0.15, 0.2) is 0 Å². The molecular formula is C10H17N3. The van der Waals surface area contributed by atoms with E-state index in [1.165, 1.54) is 18.7 Å². The second-order valence-electron chi connectivity index (χ2n) is 4.41. The molecule has 0 amide bonds. The molecule has 1 aromatic rings. The van der Waals surface area contributed by atoms with Gasteiger partial charge in [0, 0.05) is 19.4 Å². The van der Waals surface area contributed by atoms with Crippen molar-refractivity contribution in [3.05, 3.63) is 11.6 Å². The monoisotopic (exact) mass is 179 g/mol. The summed E-state index contributed by atoms with van der Waals surface area (Å²) in [5.41, 5.74) is 0. The summed E-state index contributed by atoms with van der Waals surface area (Å²) < 4.78 is 2.18. The van der Waals surface area contributed by atoms with Gasteiger partial charge >= 0.3 is 0 Å². The molecule has 2 rings (SSSR count). The summed E-state index contributed by atoms with van der Waals surface area (Å²) in [6.07, 6.45) is 3.64. The van der Waals surface area contributed by atoms with Gasteiger partial charge in [-0.3, -0.25) is 0 Å². The number of rotatable bonds is 3. The predicted octanol–water partition coefficient (Wildman–Crippen LogP) is 1.89. The quantitative estimate of drug-likeness (QED) is 0.709. The molecule has 1 aliphatic carbocycles. The Labute approximate surface area is 79.2 Å². The lowest BCUT2D eigenvalue weighted by Crippen LogP contribution is -2.04. The first-order chi connectivity index (χ1) is 6.18. The number of hydrogen-bond donors (Lipinski definition) is 0. The van der Waals surface area contributed by atoms with Gasteiger partial charge in [-0.25, -0.2) is 0 Å². The molecule has 13 heavy (non-hydrogen) atoms. The average Bonchev–Trinajstić information content (AvgIpc) is 2.81. The van der Waals surface area contributed by atoms with Crippen molar-refractivity contribution in [2.45, 2.75) is 39.0 Å². The molecule has 1 saturated carbocycles. The summed E-state index contributed by atoms with van der Waals surface area (Å²) in [5, 5.41) is 8.47. The fourth-order valence-electron chi connectivity index (χ4n) is 1.62. The molecule has 0 unspecified atom stereocenters. The lowest BCUT2D eigenvalue weighted by Gasteiger charge is -2.04. The van der Waals surface area contributed by atoms with Crippen molar-refractivity contribution in [3.8, 4) is 0 Å². The highest BCUT2D eigenvalue weighted by Crippen LogP contribution is 2.38. The Balaban J connectivity index is 2.17. The third kappa shape index (κ3) is 1.74. The molecule has 0 aliphatic heterocycles. The van der Waals surface area contributed by atoms with E-state index in [4.69, 9.17) is 0 Å². The van der Waals surface area contributed by atoms with Crippen LogP contribution >= 0.6 is 0 Å². The minimum Gasteiger partial charge on any atom is -0.318 e. The molecule has 1 heterocycles. The largest absolute Gasteiger partial charge is 0.318 e. The zero-order valence-corrected chi connectivity index (χ0v) is 8.62. The molecule has 0 radical (unpaired) electrons. The second-order valence-corrected chi connectivity index (χ2v) is 4.41. The maximum Gasteiger partial charge on any atom is 0.135 e. The lowest BCUT2D eigenvalue weighted by atomic mass is 10.1. The molecule has 1 fully saturated rings. The van der Waals surface area contributed by atoms with E-state index < -0.39 is 0 Å². The highest BCUT2D eigenvalue weighted by Gasteiger charge is 2.29. The van der Waals surface area contributed by atoms with Crippen molar-refractivity contribution in [2.24, 2.45) is 13.0 Å². The van der Waals surface area contributed by atoms with Gasteiger partial charge in [-0.05, 0) is 18.8 Å². The van der Waals surface area contributed by atoms with Gasteiger partial charge in [0.2, 0.25) is 0 Å². The SMILES string of the molecule is CC(C)Cc1nnc(C2CC2)n1C. The standard InChI is InChI=1S/C10H17N3/c1-7(2)6-9-11-12-10(13(9)3)8-4-5-8/h7-8H,4-6H2,1-3H3. The smallest absolute Gasteiger partial charge is 0.135 e. The van der Waals surface area contributed by atoms with Gasteiger partial charge in [-0.2, -0.15) is 0 Å². The fourth-order valence-corrected chi connectivity index (χ4v) is 1.62. The summed E-state index contributed by atoms with van der Waals surface area (Å²) in [5.74, 6) is 3.70. The van der Waals surface area contributed by atoms with Gasteiger partial charge in [-0.15, -0.1) is 10.2 Å².